The quantitative estimate of drug-likeness (QED) is 0.554. The second kappa shape index (κ2) is 9.38. The molecule has 4 rings (SSSR count). The van der Waals surface area contributed by atoms with E-state index in [-0.39, 0.29) is 17.5 Å². The molecule has 0 unspecified atom stereocenters. The van der Waals surface area contributed by atoms with Gasteiger partial charge in [0.2, 0.25) is 0 Å². The van der Waals surface area contributed by atoms with Gasteiger partial charge in [-0.25, -0.2) is 8.42 Å². The fraction of sp³-hybridized carbons (Fsp3) is 0.269. The third-order valence-corrected chi connectivity index (χ3v) is 7.17. The van der Waals surface area contributed by atoms with Gasteiger partial charge in [-0.3, -0.25) is 9.10 Å². The van der Waals surface area contributed by atoms with Crippen LogP contribution in [0.15, 0.2) is 71.6 Å². The van der Waals surface area contributed by atoms with E-state index in [0.29, 0.717) is 22.9 Å². The molecule has 3 aromatic rings. The van der Waals surface area contributed by atoms with E-state index in [2.05, 4.69) is 5.32 Å². The Morgan fingerprint density at radius 3 is 2.29 bits per heavy atom. The molecule has 0 bridgehead atoms. The SMILES string of the molecule is Cc1ccc(S(=O)(=O)N2C[C@H](C(=O)Nc3ccc(OC(C)C)cc3)Oc3ccc(C)cc32)cc1. The lowest BCUT2D eigenvalue weighted by Crippen LogP contribution is -2.48. The molecule has 0 aromatic heterocycles. The molecule has 0 saturated heterocycles. The average Bonchev–Trinajstić information content (AvgIpc) is 2.79. The number of sulfonamides is 1. The number of ether oxygens (including phenoxy) is 2. The molecular formula is C26H28N2O5S. The zero-order chi connectivity index (χ0) is 24.5. The Morgan fingerprint density at radius 1 is 1.00 bits per heavy atom. The molecule has 7 nitrogen and oxygen atoms in total. The van der Waals surface area contributed by atoms with Crippen LogP contribution in [0.1, 0.15) is 25.0 Å². The Labute approximate surface area is 200 Å². The maximum absolute atomic E-state index is 13.5. The summed E-state index contributed by atoms with van der Waals surface area (Å²) in [6, 6.07) is 18.9. The first-order valence-corrected chi connectivity index (χ1v) is 12.5. The monoisotopic (exact) mass is 480 g/mol. The van der Waals surface area contributed by atoms with Crippen molar-refractivity contribution in [2.24, 2.45) is 0 Å². The maximum Gasteiger partial charge on any atom is 0.267 e. The molecule has 34 heavy (non-hydrogen) atoms. The highest BCUT2D eigenvalue weighted by Gasteiger charge is 2.37. The Morgan fingerprint density at radius 2 is 1.65 bits per heavy atom. The van der Waals surface area contributed by atoms with Crippen LogP contribution in [0.4, 0.5) is 11.4 Å². The molecule has 0 fully saturated rings. The van der Waals surface area contributed by atoms with Gasteiger partial charge >= 0.3 is 0 Å². The molecule has 0 saturated carbocycles. The van der Waals surface area contributed by atoms with Crippen molar-refractivity contribution in [3.05, 3.63) is 77.9 Å². The zero-order valence-corrected chi connectivity index (χ0v) is 20.4. The lowest BCUT2D eigenvalue weighted by atomic mass is 10.1. The fourth-order valence-electron chi connectivity index (χ4n) is 3.67. The van der Waals surface area contributed by atoms with Crippen LogP contribution in [-0.4, -0.2) is 33.1 Å². The molecule has 1 aliphatic heterocycles. The number of anilines is 2. The van der Waals surface area contributed by atoms with E-state index in [1.165, 1.54) is 4.31 Å². The van der Waals surface area contributed by atoms with Crippen molar-refractivity contribution in [1.82, 2.24) is 0 Å². The van der Waals surface area contributed by atoms with E-state index in [1.807, 2.05) is 33.8 Å². The number of carbonyl (C=O) groups excluding carboxylic acids is 1. The van der Waals surface area contributed by atoms with E-state index >= 15 is 0 Å². The number of amides is 1. The van der Waals surface area contributed by atoms with Crippen molar-refractivity contribution in [3.8, 4) is 11.5 Å². The summed E-state index contributed by atoms with van der Waals surface area (Å²) in [6.07, 6.45) is -0.983. The minimum Gasteiger partial charge on any atom is -0.491 e. The van der Waals surface area contributed by atoms with E-state index in [0.717, 1.165) is 11.1 Å². The number of nitrogens with zero attached hydrogens (tertiary/aromatic N) is 1. The van der Waals surface area contributed by atoms with Crippen molar-refractivity contribution in [3.63, 3.8) is 0 Å². The molecule has 178 valence electrons. The van der Waals surface area contributed by atoms with Crippen LogP contribution >= 0.6 is 0 Å². The predicted octanol–water partition coefficient (Wildman–Crippen LogP) is 4.69. The summed E-state index contributed by atoms with van der Waals surface area (Å²) >= 11 is 0. The topological polar surface area (TPSA) is 84.9 Å². The summed E-state index contributed by atoms with van der Waals surface area (Å²) in [6.45, 7) is 7.50. The highest BCUT2D eigenvalue weighted by Crippen LogP contribution is 2.38. The van der Waals surface area contributed by atoms with Gasteiger partial charge in [0.05, 0.1) is 23.2 Å². The van der Waals surface area contributed by atoms with E-state index in [9.17, 15) is 13.2 Å². The first kappa shape index (κ1) is 23.6. The van der Waals surface area contributed by atoms with Crippen LogP contribution in [0.5, 0.6) is 11.5 Å². The summed E-state index contributed by atoms with van der Waals surface area (Å²) in [7, 11) is -3.91. The van der Waals surface area contributed by atoms with Gasteiger partial charge in [0.15, 0.2) is 6.10 Å². The zero-order valence-electron chi connectivity index (χ0n) is 19.6. The van der Waals surface area contributed by atoms with Gasteiger partial charge in [-0.05, 0) is 81.8 Å². The number of carbonyl (C=O) groups is 1. The lowest BCUT2D eigenvalue weighted by Gasteiger charge is -2.35. The first-order chi connectivity index (χ1) is 16.1. The molecular weight excluding hydrogens is 452 g/mol. The number of benzene rings is 3. The van der Waals surface area contributed by atoms with Crippen molar-refractivity contribution in [2.45, 2.75) is 44.8 Å². The van der Waals surface area contributed by atoms with Gasteiger partial charge in [0.25, 0.3) is 15.9 Å². The Hall–Kier alpha value is -3.52. The third kappa shape index (κ3) is 5.02. The summed E-state index contributed by atoms with van der Waals surface area (Å²) in [4.78, 5) is 13.2. The highest BCUT2D eigenvalue weighted by atomic mass is 32.2. The Kier molecular flexibility index (Phi) is 6.52. The van der Waals surface area contributed by atoms with Gasteiger partial charge in [-0.1, -0.05) is 23.8 Å². The molecule has 3 aromatic carbocycles. The summed E-state index contributed by atoms with van der Waals surface area (Å²) in [5, 5.41) is 2.81. The second-order valence-electron chi connectivity index (χ2n) is 8.61. The largest absolute Gasteiger partial charge is 0.491 e. The van der Waals surface area contributed by atoms with Gasteiger partial charge in [0, 0.05) is 5.69 Å². The van der Waals surface area contributed by atoms with Crippen molar-refractivity contribution >= 4 is 27.3 Å². The number of rotatable bonds is 6. The minimum absolute atomic E-state index is 0.0428. The van der Waals surface area contributed by atoms with Gasteiger partial charge in [-0.2, -0.15) is 0 Å². The molecule has 0 aliphatic carbocycles. The molecule has 8 heteroatoms. The molecule has 0 radical (unpaired) electrons. The van der Waals surface area contributed by atoms with Crippen LogP contribution in [0.25, 0.3) is 0 Å². The second-order valence-corrected chi connectivity index (χ2v) is 10.5. The molecule has 1 heterocycles. The smallest absolute Gasteiger partial charge is 0.267 e. The van der Waals surface area contributed by atoms with Gasteiger partial charge in [-0.15, -0.1) is 0 Å². The Bertz CT molecular complexity index is 1290. The number of aryl methyl sites for hydroxylation is 2. The molecule has 1 aliphatic rings. The van der Waals surface area contributed by atoms with Crippen molar-refractivity contribution in [1.29, 1.82) is 0 Å². The Balaban J connectivity index is 1.61. The molecule has 0 spiro atoms. The standard InChI is InChI=1S/C26H28N2O5S/c1-17(2)32-21-10-8-20(9-11-21)27-26(29)25-16-28(23-15-19(4)7-14-24(23)33-25)34(30,31)22-12-5-18(3)6-13-22/h5-15,17,25H,16H2,1-4H3,(H,27,29)/t25-/m1/s1. The molecule has 1 amide bonds. The van der Waals surface area contributed by atoms with Crippen LogP contribution < -0.4 is 19.1 Å². The third-order valence-electron chi connectivity index (χ3n) is 5.38. The predicted molar refractivity (Wildman–Crippen MR) is 132 cm³/mol. The van der Waals surface area contributed by atoms with E-state index in [4.69, 9.17) is 9.47 Å². The van der Waals surface area contributed by atoms with Crippen LogP contribution in [0.2, 0.25) is 0 Å². The summed E-state index contributed by atoms with van der Waals surface area (Å²) < 4.78 is 39.9. The minimum atomic E-state index is -3.91. The molecule has 1 N–H and O–H groups in total. The van der Waals surface area contributed by atoms with E-state index in [1.54, 1.807) is 60.7 Å². The van der Waals surface area contributed by atoms with Crippen LogP contribution in [-0.2, 0) is 14.8 Å². The maximum atomic E-state index is 13.5. The van der Waals surface area contributed by atoms with Gasteiger partial charge < -0.3 is 14.8 Å². The summed E-state index contributed by atoms with van der Waals surface area (Å²) in [5.74, 6) is 0.600. The van der Waals surface area contributed by atoms with Gasteiger partial charge in [0.1, 0.15) is 11.5 Å². The summed E-state index contributed by atoms with van der Waals surface area (Å²) in [5.41, 5.74) is 2.82. The lowest BCUT2D eigenvalue weighted by molar-refractivity contribution is -0.122. The average molecular weight is 481 g/mol. The van der Waals surface area contributed by atoms with Crippen LogP contribution in [0.3, 0.4) is 0 Å². The number of hydrogen-bond acceptors (Lipinski definition) is 5. The number of hydrogen-bond donors (Lipinski definition) is 1. The highest BCUT2D eigenvalue weighted by molar-refractivity contribution is 7.92. The number of nitrogens with one attached hydrogen (secondary N) is 1. The first-order valence-electron chi connectivity index (χ1n) is 11.1. The van der Waals surface area contributed by atoms with Crippen molar-refractivity contribution < 1.29 is 22.7 Å². The van der Waals surface area contributed by atoms with E-state index < -0.39 is 22.0 Å². The van der Waals surface area contributed by atoms with Crippen LogP contribution in [0, 0.1) is 13.8 Å². The fourth-order valence-corrected chi connectivity index (χ4v) is 5.14. The normalized spacial score (nSPS) is 15.4. The number of fused-ring (bicyclic) bond motifs is 1. The van der Waals surface area contributed by atoms with Crippen molar-refractivity contribution in [2.75, 3.05) is 16.2 Å². The molecule has 1 atom stereocenters.